The third kappa shape index (κ3) is 2.48. The molecule has 19 heavy (non-hydrogen) atoms. The number of anilines is 1. The highest BCUT2D eigenvalue weighted by atomic mass is 16.2. The minimum Gasteiger partial charge on any atom is -0.323 e. The predicted octanol–water partition coefficient (Wildman–Crippen LogP) is 0.958. The zero-order valence-electron chi connectivity index (χ0n) is 10.4. The summed E-state index contributed by atoms with van der Waals surface area (Å²) in [4.78, 5) is 12.1. The average Bonchev–Trinajstić information content (AvgIpc) is 3.13. The van der Waals surface area contributed by atoms with Gasteiger partial charge in [0.05, 0.1) is 29.8 Å². The molecule has 0 bridgehead atoms. The van der Waals surface area contributed by atoms with Gasteiger partial charge in [0.2, 0.25) is 5.91 Å². The van der Waals surface area contributed by atoms with Crippen molar-refractivity contribution in [1.82, 2.24) is 20.3 Å². The normalized spacial score (nSPS) is 18.4. The van der Waals surface area contributed by atoms with E-state index in [9.17, 15) is 4.79 Å². The molecule has 1 fully saturated rings. The van der Waals surface area contributed by atoms with Crippen molar-refractivity contribution in [1.29, 1.82) is 0 Å². The van der Waals surface area contributed by atoms with Crippen LogP contribution < -0.4 is 10.6 Å². The minimum absolute atomic E-state index is 0.00469. The number of rotatable bonds is 3. The molecule has 1 aliphatic heterocycles. The first-order valence-corrected chi connectivity index (χ1v) is 6.34. The topological polar surface area (TPSA) is 71.8 Å². The molecule has 1 aromatic heterocycles. The van der Waals surface area contributed by atoms with E-state index >= 15 is 0 Å². The van der Waals surface area contributed by atoms with Crippen LogP contribution in [0.5, 0.6) is 0 Å². The lowest BCUT2D eigenvalue weighted by atomic mass is 10.2. The van der Waals surface area contributed by atoms with Crippen LogP contribution in [0, 0.1) is 0 Å². The summed E-state index contributed by atoms with van der Waals surface area (Å²) in [6, 6.07) is 7.46. The van der Waals surface area contributed by atoms with Gasteiger partial charge in [0.25, 0.3) is 0 Å². The first kappa shape index (κ1) is 11.9. The Morgan fingerprint density at radius 3 is 3.05 bits per heavy atom. The first-order valence-electron chi connectivity index (χ1n) is 6.34. The van der Waals surface area contributed by atoms with Gasteiger partial charge in [0.1, 0.15) is 0 Å². The van der Waals surface area contributed by atoms with Crippen LogP contribution in [0.3, 0.4) is 0 Å². The van der Waals surface area contributed by atoms with E-state index in [1.165, 1.54) is 0 Å². The Kier molecular flexibility index (Phi) is 3.24. The number of amides is 1. The number of nitrogens with one attached hydrogen (secondary N) is 2. The lowest BCUT2D eigenvalue weighted by molar-refractivity contribution is -0.117. The van der Waals surface area contributed by atoms with E-state index in [0.717, 1.165) is 30.8 Å². The van der Waals surface area contributed by atoms with Crippen LogP contribution in [0.4, 0.5) is 5.69 Å². The third-order valence-electron chi connectivity index (χ3n) is 3.21. The monoisotopic (exact) mass is 257 g/mol. The molecule has 2 heterocycles. The van der Waals surface area contributed by atoms with Crippen LogP contribution >= 0.6 is 0 Å². The largest absolute Gasteiger partial charge is 0.323 e. The SMILES string of the molecule is O=C(Nc1ccccc1-n1ccnn1)[C@@H]1CCCN1. The summed E-state index contributed by atoms with van der Waals surface area (Å²) in [6.45, 7) is 0.906. The summed E-state index contributed by atoms with van der Waals surface area (Å²) in [7, 11) is 0. The van der Waals surface area contributed by atoms with Gasteiger partial charge >= 0.3 is 0 Å². The fourth-order valence-electron chi connectivity index (χ4n) is 2.24. The molecule has 1 saturated heterocycles. The van der Waals surface area contributed by atoms with Crippen LogP contribution in [-0.4, -0.2) is 33.5 Å². The van der Waals surface area contributed by atoms with Gasteiger partial charge in [-0.3, -0.25) is 4.79 Å². The van der Waals surface area contributed by atoms with E-state index < -0.39 is 0 Å². The molecule has 6 nitrogen and oxygen atoms in total. The van der Waals surface area contributed by atoms with Gasteiger partial charge in [-0.25, -0.2) is 4.68 Å². The number of hydrogen-bond acceptors (Lipinski definition) is 4. The minimum atomic E-state index is -0.0937. The number of aromatic nitrogens is 3. The summed E-state index contributed by atoms with van der Waals surface area (Å²) in [5.41, 5.74) is 1.55. The van der Waals surface area contributed by atoms with Crippen LogP contribution in [0.1, 0.15) is 12.8 Å². The molecule has 0 spiro atoms. The van der Waals surface area contributed by atoms with Gasteiger partial charge in [-0.1, -0.05) is 17.3 Å². The molecule has 1 amide bonds. The van der Waals surface area contributed by atoms with Crippen molar-refractivity contribution in [2.75, 3.05) is 11.9 Å². The summed E-state index contributed by atoms with van der Waals surface area (Å²) in [5.74, 6) is 0.00469. The van der Waals surface area contributed by atoms with Crippen molar-refractivity contribution < 1.29 is 4.79 Å². The van der Waals surface area contributed by atoms with E-state index in [2.05, 4.69) is 20.9 Å². The smallest absolute Gasteiger partial charge is 0.241 e. The van der Waals surface area contributed by atoms with E-state index in [1.54, 1.807) is 17.1 Å². The van der Waals surface area contributed by atoms with Crippen molar-refractivity contribution in [3.8, 4) is 5.69 Å². The molecule has 6 heteroatoms. The molecule has 0 unspecified atom stereocenters. The van der Waals surface area contributed by atoms with Gasteiger partial charge in [-0.15, -0.1) is 5.10 Å². The number of carbonyl (C=O) groups excluding carboxylic acids is 1. The number of benzene rings is 1. The maximum absolute atomic E-state index is 12.1. The molecule has 1 atom stereocenters. The van der Waals surface area contributed by atoms with Crippen molar-refractivity contribution in [3.63, 3.8) is 0 Å². The van der Waals surface area contributed by atoms with Crippen LogP contribution in [-0.2, 0) is 4.79 Å². The number of nitrogens with zero attached hydrogens (tertiary/aromatic N) is 3. The van der Waals surface area contributed by atoms with E-state index in [-0.39, 0.29) is 11.9 Å². The molecule has 1 aliphatic rings. The first-order chi connectivity index (χ1) is 9.34. The molecular formula is C13H15N5O. The highest BCUT2D eigenvalue weighted by Gasteiger charge is 2.22. The number of carbonyl (C=O) groups is 1. The molecule has 0 aliphatic carbocycles. The van der Waals surface area contributed by atoms with Gasteiger partial charge < -0.3 is 10.6 Å². The fourth-order valence-corrected chi connectivity index (χ4v) is 2.24. The summed E-state index contributed by atoms with van der Waals surface area (Å²) < 4.78 is 1.64. The Bertz CT molecular complexity index is 560. The lowest BCUT2D eigenvalue weighted by Crippen LogP contribution is -2.35. The average molecular weight is 257 g/mol. The Balaban J connectivity index is 1.83. The summed E-state index contributed by atoms with van der Waals surface area (Å²) in [6.07, 6.45) is 5.29. The molecule has 1 aromatic carbocycles. The second-order valence-electron chi connectivity index (χ2n) is 4.50. The zero-order chi connectivity index (χ0) is 13.1. The fraction of sp³-hybridized carbons (Fsp3) is 0.308. The van der Waals surface area contributed by atoms with E-state index in [4.69, 9.17) is 0 Å². The van der Waals surface area contributed by atoms with Gasteiger partial charge in [-0.2, -0.15) is 0 Å². The predicted molar refractivity (Wildman–Crippen MR) is 71.0 cm³/mol. The lowest BCUT2D eigenvalue weighted by Gasteiger charge is -2.14. The molecular weight excluding hydrogens is 242 g/mol. The van der Waals surface area contributed by atoms with Crippen molar-refractivity contribution in [2.24, 2.45) is 0 Å². The number of hydrogen-bond donors (Lipinski definition) is 2. The van der Waals surface area contributed by atoms with Crippen molar-refractivity contribution in [2.45, 2.75) is 18.9 Å². The van der Waals surface area contributed by atoms with E-state index in [0.29, 0.717) is 0 Å². The molecule has 3 rings (SSSR count). The van der Waals surface area contributed by atoms with Gasteiger partial charge in [0, 0.05) is 0 Å². The van der Waals surface area contributed by atoms with E-state index in [1.807, 2.05) is 24.3 Å². The second kappa shape index (κ2) is 5.19. The maximum Gasteiger partial charge on any atom is 0.241 e. The van der Waals surface area contributed by atoms with Crippen LogP contribution in [0.25, 0.3) is 5.69 Å². The Labute approximate surface area is 110 Å². The van der Waals surface area contributed by atoms with Crippen LogP contribution in [0.15, 0.2) is 36.7 Å². The summed E-state index contributed by atoms with van der Waals surface area (Å²) >= 11 is 0. The third-order valence-corrected chi connectivity index (χ3v) is 3.21. The Morgan fingerprint density at radius 1 is 1.42 bits per heavy atom. The van der Waals surface area contributed by atoms with Gasteiger partial charge in [-0.05, 0) is 31.5 Å². The highest BCUT2D eigenvalue weighted by Crippen LogP contribution is 2.19. The molecule has 2 aromatic rings. The molecule has 0 saturated carbocycles. The molecule has 98 valence electrons. The number of para-hydroxylation sites is 2. The Morgan fingerprint density at radius 2 is 2.32 bits per heavy atom. The second-order valence-corrected chi connectivity index (χ2v) is 4.50. The van der Waals surface area contributed by atoms with Gasteiger partial charge in [0.15, 0.2) is 0 Å². The Hall–Kier alpha value is -2.21. The highest BCUT2D eigenvalue weighted by molar-refractivity contribution is 5.96. The maximum atomic E-state index is 12.1. The summed E-state index contributed by atoms with van der Waals surface area (Å²) in [5, 5.41) is 13.9. The quantitative estimate of drug-likeness (QED) is 0.859. The zero-order valence-corrected chi connectivity index (χ0v) is 10.4. The standard InChI is InChI=1S/C13H15N5O/c19-13(11-5-3-7-14-11)16-10-4-1-2-6-12(10)18-9-8-15-17-18/h1-2,4,6,8-9,11,14H,3,5,7H2,(H,16,19)/t11-/m0/s1. The van der Waals surface area contributed by atoms with Crippen molar-refractivity contribution in [3.05, 3.63) is 36.7 Å². The molecule has 0 radical (unpaired) electrons. The van der Waals surface area contributed by atoms with Crippen molar-refractivity contribution >= 4 is 11.6 Å². The van der Waals surface area contributed by atoms with Crippen LogP contribution in [0.2, 0.25) is 0 Å². The molecule has 2 N–H and O–H groups in total.